The highest BCUT2D eigenvalue weighted by molar-refractivity contribution is 4.86. The topological polar surface area (TPSA) is 36.2 Å². The summed E-state index contributed by atoms with van der Waals surface area (Å²) in [6.45, 7) is 5.31. The molecule has 0 bridgehead atoms. The Labute approximate surface area is 68.9 Å². The minimum Gasteiger partial charge on any atom is -0.210 e. The first-order chi connectivity index (χ1) is 5.24. The highest BCUT2D eigenvalue weighted by atomic mass is 14.9. The van der Waals surface area contributed by atoms with E-state index in [-0.39, 0.29) is 0 Å². The summed E-state index contributed by atoms with van der Waals surface area (Å²) >= 11 is 0. The Morgan fingerprint density at radius 2 is 2.18 bits per heavy atom. The molecule has 11 heavy (non-hydrogen) atoms. The van der Waals surface area contributed by atoms with Crippen molar-refractivity contribution < 1.29 is 0 Å². The van der Waals surface area contributed by atoms with E-state index in [0.717, 1.165) is 30.7 Å². The summed E-state index contributed by atoms with van der Waals surface area (Å²) < 4.78 is 0. The Bertz CT molecular complexity index is 132. The maximum atomic E-state index is 6.66. The van der Waals surface area contributed by atoms with Gasteiger partial charge in [0.2, 0.25) is 0 Å². The van der Waals surface area contributed by atoms with E-state index in [2.05, 4.69) is 19.0 Å². The summed E-state index contributed by atoms with van der Waals surface area (Å²) in [6, 6.07) is 0. The van der Waals surface area contributed by atoms with Gasteiger partial charge in [-0.3, -0.25) is 0 Å². The van der Waals surface area contributed by atoms with Crippen molar-refractivity contribution in [2.75, 3.05) is 6.54 Å². The largest absolute Gasteiger partial charge is 0.210 e. The molecule has 1 N–H and O–H groups in total. The number of hydrogen-bond donors (Lipinski definition) is 1. The van der Waals surface area contributed by atoms with Crippen molar-refractivity contribution in [2.45, 2.75) is 33.1 Å². The Kier molecular flexibility index (Phi) is 3.03. The van der Waals surface area contributed by atoms with Crippen LogP contribution in [0.25, 0.3) is 0 Å². The maximum Gasteiger partial charge on any atom is 0.0599 e. The van der Waals surface area contributed by atoms with E-state index >= 15 is 0 Å². The highest BCUT2D eigenvalue weighted by Gasteiger charge is 2.36. The molecule has 0 aromatic heterocycles. The molecule has 1 rings (SSSR count). The summed E-state index contributed by atoms with van der Waals surface area (Å²) in [5, 5.41) is 3.38. The van der Waals surface area contributed by atoms with Gasteiger partial charge < -0.3 is 0 Å². The number of hydrogen-bond acceptors (Lipinski definition) is 2. The highest BCUT2D eigenvalue weighted by Crippen LogP contribution is 2.45. The first-order valence-electron chi connectivity index (χ1n) is 4.57. The van der Waals surface area contributed by atoms with Gasteiger partial charge in [0.15, 0.2) is 0 Å². The fourth-order valence-electron chi connectivity index (χ4n) is 1.79. The average Bonchev–Trinajstić information content (AvgIpc) is 2.62. The predicted molar refractivity (Wildman–Crippen MR) is 45.7 cm³/mol. The van der Waals surface area contributed by atoms with Crippen molar-refractivity contribution in [3.8, 4) is 0 Å². The number of nitrogens with zero attached hydrogens (tertiary/aromatic N) is 1. The van der Waals surface area contributed by atoms with Crippen LogP contribution in [0.2, 0.25) is 0 Å². The van der Waals surface area contributed by atoms with Gasteiger partial charge in [0.25, 0.3) is 0 Å². The molecule has 0 heterocycles. The summed E-state index contributed by atoms with van der Waals surface area (Å²) in [4.78, 5) is 0. The monoisotopic (exact) mass is 154 g/mol. The van der Waals surface area contributed by atoms with Crippen LogP contribution in [0.4, 0.5) is 0 Å². The molecule has 64 valence electrons. The minimum absolute atomic E-state index is 0.749. The molecule has 1 unspecified atom stereocenters. The van der Waals surface area contributed by atoms with Gasteiger partial charge in [0, 0.05) is 0 Å². The molecule has 2 heteroatoms. The van der Waals surface area contributed by atoms with E-state index < -0.39 is 0 Å². The molecular formula is C9H18N2. The second-order valence-electron chi connectivity index (χ2n) is 4.06. The zero-order valence-corrected chi connectivity index (χ0v) is 7.51. The molecule has 1 saturated carbocycles. The van der Waals surface area contributed by atoms with Crippen molar-refractivity contribution in [1.29, 1.82) is 5.53 Å². The van der Waals surface area contributed by atoms with Crippen molar-refractivity contribution >= 4 is 0 Å². The molecule has 0 aromatic carbocycles. The van der Waals surface area contributed by atoms with E-state index in [9.17, 15) is 0 Å². The SMILES string of the molecule is CC(C)CC1C[C@H]1CCN=N. The van der Waals surface area contributed by atoms with E-state index in [4.69, 9.17) is 5.53 Å². The van der Waals surface area contributed by atoms with Gasteiger partial charge in [-0.2, -0.15) is 5.11 Å². The second kappa shape index (κ2) is 3.84. The molecule has 0 aliphatic heterocycles. The van der Waals surface area contributed by atoms with Crippen molar-refractivity contribution in [3.63, 3.8) is 0 Å². The standard InChI is InChI=1S/C9H18N2/c1-7(2)5-9-6-8(9)3-4-11-10/h7-10H,3-6H2,1-2H3/t8-,9?/m1/s1. The zero-order valence-electron chi connectivity index (χ0n) is 7.51. The summed E-state index contributed by atoms with van der Waals surface area (Å²) in [5.74, 6) is 2.72. The van der Waals surface area contributed by atoms with E-state index in [1.807, 2.05) is 0 Å². The first kappa shape index (κ1) is 8.69. The van der Waals surface area contributed by atoms with Crippen molar-refractivity contribution in [3.05, 3.63) is 0 Å². The second-order valence-corrected chi connectivity index (χ2v) is 4.06. The normalized spacial score (nSPS) is 29.0. The van der Waals surface area contributed by atoms with Crippen LogP contribution in [0, 0.1) is 23.3 Å². The Hall–Kier alpha value is -0.400. The lowest BCUT2D eigenvalue weighted by Crippen LogP contribution is -1.92. The summed E-state index contributed by atoms with van der Waals surface area (Å²) in [7, 11) is 0. The third kappa shape index (κ3) is 3.00. The van der Waals surface area contributed by atoms with Crippen LogP contribution >= 0.6 is 0 Å². The molecule has 1 fully saturated rings. The third-order valence-electron chi connectivity index (χ3n) is 2.45. The molecule has 0 amide bonds. The third-order valence-corrected chi connectivity index (χ3v) is 2.45. The predicted octanol–water partition coefficient (Wildman–Crippen LogP) is 3.09. The first-order valence-corrected chi connectivity index (χ1v) is 4.57. The molecule has 0 radical (unpaired) electrons. The lowest BCUT2D eigenvalue weighted by atomic mass is 10.1. The Morgan fingerprint density at radius 1 is 1.45 bits per heavy atom. The van der Waals surface area contributed by atoms with Crippen molar-refractivity contribution in [1.82, 2.24) is 0 Å². The van der Waals surface area contributed by atoms with Crippen LogP contribution < -0.4 is 0 Å². The van der Waals surface area contributed by atoms with Crippen LogP contribution in [-0.2, 0) is 0 Å². The molecule has 1 aliphatic rings. The zero-order chi connectivity index (χ0) is 8.27. The molecule has 0 aromatic rings. The van der Waals surface area contributed by atoms with Gasteiger partial charge in [0.1, 0.15) is 0 Å². The lowest BCUT2D eigenvalue weighted by Gasteiger charge is -2.01. The van der Waals surface area contributed by atoms with Gasteiger partial charge in [-0.1, -0.05) is 13.8 Å². The van der Waals surface area contributed by atoms with Crippen LogP contribution in [0.5, 0.6) is 0 Å². The van der Waals surface area contributed by atoms with Gasteiger partial charge in [-0.25, -0.2) is 5.53 Å². The van der Waals surface area contributed by atoms with Crippen LogP contribution in [0.3, 0.4) is 0 Å². The maximum absolute atomic E-state index is 6.66. The average molecular weight is 154 g/mol. The lowest BCUT2D eigenvalue weighted by molar-refractivity contribution is 0.503. The van der Waals surface area contributed by atoms with Gasteiger partial charge >= 0.3 is 0 Å². The minimum atomic E-state index is 0.749. The van der Waals surface area contributed by atoms with Gasteiger partial charge in [0.05, 0.1) is 6.54 Å². The molecule has 0 spiro atoms. The van der Waals surface area contributed by atoms with E-state index in [0.29, 0.717) is 0 Å². The van der Waals surface area contributed by atoms with Crippen LogP contribution in [-0.4, -0.2) is 6.54 Å². The van der Waals surface area contributed by atoms with Crippen LogP contribution in [0.15, 0.2) is 5.11 Å². The van der Waals surface area contributed by atoms with Crippen molar-refractivity contribution in [2.24, 2.45) is 22.9 Å². The molecule has 2 atom stereocenters. The molecular weight excluding hydrogens is 136 g/mol. The number of rotatable bonds is 5. The smallest absolute Gasteiger partial charge is 0.0599 e. The fourth-order valence-corrected chi connectivity index (χ4v) is 1.79. The summed E-state index contributed by atoms with van der Waals surface area (Å²) in [5.41, 5.74) is 6.66. The summed E-state index contributed by atoms with van der Waals surface area (Å²) in [6.07, 6.45) is 3.93. The molecule has 0 saturated heterocycles. The van der Waals surface area contributed by atoms with Crippen LogP contribution in [0.1, 0.15) is 33.1 Å². The molecule has 2 nitrogen and oxygen atoms in total. The van der Waals surface area contributed by atoms with E-state index in [1.165, 1.54) is 12.8 Å². The Morgan fingerprint density at radius 3 is 2.73 bits per heavy atom. The Balaban J connectivity index is 2.02. The number of nitrogens with one attached hydrogen (secondary N) is 1. The quantitative estimate of drug-likeness (QED) is 0.591. The van der Waals surface area contributed by atoms with Gasteiger partial charge in [-0.05, 0) is 37.0 Å². The van der Waals surface area contributed by atoms with Gasteiger partial charge in [-0.15, -0.1) is 0 Å². The fraction of sp³-hybridized carbons (Fsp3) is 1.00. The molecule has 1 aliphatic carbocycles. The van der Waals surface area contributed by atoms with E-state index in [1.54, 1.807) is 0 Å².